The maximum absolute atomic E-state index is 5.99. The Hall–Kier alpha value is -1.55. The summed E-state index contributed by atoms with van der Waals surface area (Å²) < 4.78 is 11.3. The number of hydrogen-bond acceptors (Lipinski definition) is 5. The van der Waals surface area contributed by atoms with Crippen molar-refractivity contribution in [2.75, 3.05) is 25.1 Å². The van der Waals surface area contributed by atoms with Gasteiger partial charge in [-0.1, -0.05) is 6.92 Å². The molecule has 0 unspecified atom stereocenters. The Bertz CT molecular complexity index is 764. The highest BCUT2D eigenvalue weighted by molar-refractivity contribution is 14.0. The molecule has 1 aromatic heterocycles. The predicted octanol–water partition coefficient (Wildman–Crippen LogP) is 3.76. The fraction of sp³-hybridized carbons (Fsp3) is 0.444. The number of nitrogens with one attached hydrogen (secondary N) is 1. The van der Waals surface area contributed by atoms with E-state index in [-0.39, 0.29) is 24.0 Å². The predicted molar refractivity (Wildman–Crippen MR) is 118 cm³/mol. The molecule has 0 saturated heterocycles. The third-order valence-corrected chi connectivity index (χ3v) is 4.97. The number of aromatic nitrogens is 1. The number of halogens is 1. The van der Waals surface area contributed by atoms with Gasteiger partial charge in [0, 0.05) is 36.0 Å². The lowest BCUT2D eigenvalue weighted by atomic mass is 10.3. The highest BCUT2D eigenvalue weighted by Crippen LogP contribution is 2.32. The molecule has 0 saturated carbocycles. The SMILES string of the molecule is CCc1nc(CCN=C(N)Nc2ccc3c(c2)OCCCO3)sc1C.I. The molecule has 3 rings (SSSR count). The summed E-state index contributed by atoms with van der Waals surface area (Å²) in [5.41, 5.74) is 8.01. The molecule has 0 bridgehead atoms. The summed E-state index contributed by atoms with van der Waals surface area (Å²) in [5, 5.41) is 4.21. The van der Waals surface area contributed by atoms with Crippen molar-refractivity contribution in [2.45, 2.75) is 33.1 Å². The van der Waals surface area contributed by atoms with E-state index in [4.69, 9.17) is 15.2 Å². The lowest BCUT2D eigenvalue weighted by Crippen LogP contribution is -2.23. The molecule has 0 atom stereocenters. The zero-order chi connectivity index (χ0) is 17.6. The molecule has 26 heavy (non-hydrogen) atoms. The molecule has 1 aliphatic heterocycles. The summed E-state index contributed by atoms with van der Waals surface area (Å²) in [5.74, 6) is 1.89. The summed E-state index contributed by atoms with van der Waals surface area (Å²) >= 11 is 1.74. The minimum Gasteiger partial charge on any atom is -0.490 e. The van der Waals surface area contributed by atoms with Crippen LogP contribution in [0.5, 0.6) is 11.5 Å². The minimum atomic E-state index is 0. The molecule has 0 amide bonds. The average molecular weight is 488 g/mol. The number of hydrogen-bond donors (Lipinski definition) is 2. The number of nitrogens with zero attached hydrogens (tertiary/aromatic N) is 2. The number of aryl methyl sites for hydroxylation is 2. The fourth-order valence-corrected chi connectivity index (χ4v) is 3.63. The number of rotatable bonds is 5. The molecule has 2 aromatic rings. The van der Waals surface area contributed by atoms with Crippen LogP contribution in [-0.4, -0.2) is 30.7 Å². The molecular formula is C18H25IN4O2S. The summed E-state index contributed by atoms with van der Waals surface area (Å²) in [6.07, 6.45) is 2.66. The summed E-state index contributed by atoms with van der Waals surface area (Å²) in [6.45, 7) is 6.19. The number of aliphatic imine (C=N–C) groups is 1. The molecule has 6 nitrogen and oxygen atoms in total. The van der Waals surface area contributed by atoms with Crippen LogP contribution in [0.1, 0.15) is 28.9 Å². The van der Waals surface area contributed by atoms with Crippen molar-refractivity contribution in [2.24, 2.45) is 10.7 Å². The first-order valence-electron chi connectivity index (χ1n) is 8.57. The van der Waals surface area contributed by atoms with Crippen molar-refractivity contribution >= 4 is 47.0 Å². The highest BCUT2D eigenvalue weighted by Gasteiger charge is 2.11. The van der Waals surface area contributed by atoms with E-state index in [2.05, 4.69) is 29.1 Å². The molecule has 1 aromatic carbocycles. The molecule has 142 valence electrons. The zero-order valence-corrected chi connectivity index (χ0v) is 18.2. The van der Waals surface area contributed by atoms with Gasteiger partial charge in [-0.15, -0.1) is 35.3 Å². The van der Waals surface area contributed by atoms with Crippen molar-refractivity contribution in [1.82, 2.24) is 4.98 Å². The minimum absolute atomic E-state index is 0. The van der Waals surface area contributed by atoms with Crippen LogP contribution in [0.4, 0.5) is 5.69 Å². The molecule has 2 heterocycles. The Labute approximate surface area is 175 Å². The van der Waals surface area contributed by atoms with Crippen LogP contribution < -0.4 is 20.5 Å². The van der Waals surface area contributed by atoms with E-state index >= 15 is 0 Å². The van der Waals surface area contributed by atoms with Crippen LogP contribution in [0.15, 0.2) is 23.2 Å². The number of benzene rings is 1. The third kappa shape index (κ3) is 5.47. The van der Waals surface area contributed by atoms with Gasteiger partial charge in [0.05, 0.1) is 23.9 Å². The molecular weight excluding hydrogens is 463 g/mol. The molecule has 8 heteroatoms. The lowest BCUT2D eigenvalue weighted by molar-refractivity contribution is 0.297. The van der Waals surface area contributed by atoms with Gasteiger partial charge in [0.15, 0.2) is 17.5 Å². The number of guanidine groups is 1. The highest BCUT2D eigenvalue weighted by atomic mass is 127. The van der Waals surface area contributed by atoms with Crippen LogP contribution in [0.2, 0.25) is 0 Å². The summed E-state index contributed by atoms with van der Waals surface area (Å²) in [7, 11) is 0. The second-order valence-electron chi connectivity index (χ2n) is 5.82. The van der Waals surface area contributed by atoms with Gasteiger partial charge in [-0.05, 0) is 25.5 Å². The van der Waals surface area contributed by atoms with Gasteiger partial charge in [-0.3, -0.25) is 4.99 Å². The first kappa shape index (κ1) is 20.8. The van der Waals surface area contributed by atoms with Gasteiger partial charge in [-0.2, -0.15) is 0 Å². The maximum Gasteiger partial charge on any atom is 0.193 e. The lowest BCUT2D eigenvalue weighted by Gasteiger charge is -2.10. The Morgan fingerprint density at radius 2 is 2.08 bits per heavy atom. The van der Waals surface area contributed by atoms with E-state index in [0.29, 0.717) is 25.7 Å². The number of anilines is 1. The van der Waals surface area contributed by atoms with Crippen LogP contribution >= 0.6 is 35.3 Å². The Kier molecular flexibility index (Phi) is 7.95. The first-order valence-corrected chi connectivity index (χ1v) is 9.39. The van der Waals surface area contributed by atoms with E-state index in [1.165, 1.54) is 10.6 Å². The van der Waals surface area contributed by atoms with Crippen LogP contribution in [-0.2, 0) is 12.8 Å². The van der Waals surface area contributed by atoms with E-state index in [0.717, 1.165) is 41.5 Å². The molecule has 0 spiro atoms. The third-order valence-electron chi connectivity index (χ3n) is 3.90. The second-order valence-corrected chi connectivity index (χ2v) is 7.11. The van der Waals surface area contributed by atoms with Gasteiger partial charge in [0.2, 0.25) is 0 Å². The van der Waals surface area contributed by atoms with Gasteiger partial charge >= 0.3 is 0 Å². The van der Waals surface area contributed by atoms with Gasteiger partial charge in [0.25, 0.3) is 0 Å². The largest absolute Gasteiger partial charge is 0.490 e. The summed E-state index contributed by atoms with van der Waals surface area (Å²) in [6, 6.07) is 5.69. The quantitative estimate of drug-likeness (QED) is 0.381. The standard InChI is InChI=1S/C18H24N4O2S.HI/c1-3-14-12(2)25-17(22-14)7-8-20-18(19)21-13-5-6-15-16(11-13)24-10-4-9-23-15;/h5-6,11H,3-4,7-10H2,1-2H3,(H3,19,20,21);1H. The van der Waals surface area contributed by atoms with E-state index in [9.17, 15) is 0 Å². The van der Waals surface area contributed by atoms with Crippen LogP contribution in [0.3, 0.4) is 0 Å². The molecule has 0 radical (unpaired) electrons. The smallest absolute Gasteiger partial charge is 0.193 e. The van der Waals surface area contributed by atoms with Crippen molar-refractivity contribution in [3.8, 4) is 11.5 Å². The van der Waals surface area contributed by atoms with Crippen molar-refractivity contribution in [3.63, 3.8) is 0 Å². The maximum atomic E-state index is 5.99. The molecule has 0 fully saturated rings. The molecule has 3 N–H and O–H groups in total. The van der Waals surface area contributed by atoms with Crippen molar-refractivity contribution < 1.29 is 9.47 Å². The average Bonchev–Trinajstić information content (AvgIpc) is 2.80. The fourth-order valence-electron chi connectivity index (χ4n) is 2.62. The van der Waals surface area contributed by atoms with Crippen LogP contribution in [0, 0.1) is 6.92 Å². The zero-order valence-electron chi connectivity index (χ0n) is 15.1. The van der Waals surface area contributed by atoms with Crippen molar-refractivity contribution in [1.29, 1.82) is 0 Å². The van der Waals surface area contributed by atoms with Crippen molar-refractivity contribution in [3.05, 3.63) is 33.8 Å². The summed E-state index contributed by atoms with van der Waals surface area (Å²) in [4.78, 5) is 10.3. The molecule has 0 aliphatic carbocycles. The normalized spacial score (nSPS) is 13.7. The number of thiazole rings is 1. The second kappa shape index (κ2) is 9.96. The first-order chi connectivity index (χ1) is 12.2. The van der Waals surface area contributed by atoms with E-state index < -0.39 is 0 Å². The Morgan fingerprint density at radius 1 is 1.31 bits per heavy atom. The number of nitrogens with two attached hydrogens (primary N) is 1. The number of ether oxygens (including phenoxy) is 2. The van der Waals surface area contributed by atoms with Crippen LogP contribution in [0.25, 0.3) is 0 Å². The monoisotopic (exact) mass is 488 g/mol. The number of fused-ring (bicyclic) bond motifs is 1. The Morgan fingerprint density at radius 3 is 2.81 bits per heavy atom. The van der Waals surface area contributed by atoms with Gasteiger partial charge in [0.1, 0.15) is 0 Å². The topological polar surface area (TPSA) is 81.8 Å². The molecule has 1 aliphatic rings. The van der Waals surface area contributed by atoms with E-state index in [1.54, 1.807) is 11.3 Å². The van der Waals surface area contributed by atoms with Gasteiger partial charge in [-0.25, -0.2) is 4.98 Å². The van der Waals surface area contributed by atoms with Gasteiger partial charge < -0.3 is 20.5 Å². The Balaban J connectivity index is 0.00000243. The van der Waals surface area contributed by atoms with E-state index in [1.807, 2.05) is 18.2 Å².